The van der Waals surface area contributed by atoms with Crippen LogP contribution in [0.25, 0.3) is 0 Å². The van der Waals surface area contributed by atoms with Crippen LogP contribution in [0.3, 0.4) is 0 Å². The lowest BCUT2D eigenvalue weighted by molar-refractivity contribution is 0.222. The third kappa shape index (κ3) is 5.93. The van der Waals surface area contributed by atoms with Gasteiger partial charge in [0, 0.05) is 15.6 Å². The van der Waals surface area contributed by atoms with E-state index in [2.05, 4.69) is 33.1 Å². The summed E-state index contributed by atoms with van der Waals surface area (Å²) in [5.41, 5.74) is 4.70. The SMILES string of the molecule is CCOc1cc(/C=N/NCc2c(Cl)cccc2Cl)cc(I)c1OC(C)C. The molecule has 2 aromatic carbocycles. The van der Waals surface area contributed by atoms with Crippen molar-refractivity contribution >= 4 is 52.0 Å². The maximum Gasteiger partial charge on any atom is 0.174 e. The standard InChI is InChI=1S/C19H21Cl2IN2O2/c1-4-25-18-9-13(8-17(22)19(18)26-12(2)3)10-23-24-11-14-15(20)6-5-7-16(14)21/h5-10,12,24H,4,11H2,1-3H3/b23-10+. The highest BCUT2D eigenvalue weighted by molar-refractivity contribution is 14.1. The summed E-state index contributed by atoms with van der Waals surface area (Å²) in [4.78, 5) is 0. The molecule has 2 rings (SSSR count). The summed E-state index contributed by atoms with van der Waals surface area (Å²) in [6, 6.07) is 9.33. The zero-order valence-electron chi connectivity index (χ0n) is 14.9. The third-order valence-electron chi connectivity index (χ3n) is 3.31. The Labute approximate surface area is 178 Å². The van der Waals surface area contributed by atoms with E-state index in [0.29, 0.717) is 28.9 Å². The van der Waals surface area contributed by atoms with Crippen molar-refractivity contribution in [2.45, 2.75) is 33.4 Å². The first-order valence-corrected chi connectivity index (χ1v) is 10.1. The molecule has 0 aliphatic heterocycles. The lowest BCUT2D eigenvalue weighted by atomic mass is 10.2. The van der Waals surface area contributed by atoms with Crippen LogP contribution in [0.1, 0.15) is 31.9 Å². The molecule has 2 aromatic rings. The number of hydrogen-bond acceptors (Lipinski definition) is 4. The molecule has 0 radical (unpaired) electrons. The molecule has 0 aliphatic rings. The molecule has 26 heavy (non-hydrogen) atoms. The average molecular weight is 507 g/mol. The van der Waals surface area contributed by atoms with E-state index in [9.17, 15) is 0 Å². The Balaban J connectivity index is 2.12. The number of hydrogen-bond donors (Lipinski definition) is 1. The predicted molar refractivity (Wildman–Crippen MR) is 117 cm³/mol. The summed E-state index contributed by atoms with van der Waals surface area (Å²) in [6.45, 7) is 6.94. The van der Waals surface area contributed by atoms with E-state index in [1.807, 2.05) is 39.0 Å². The predicted octanol–water partition coefficient (Wildman–Crippen LogP) is 5.91. The molecule has 0 bridgehead atoms. The van der Waals surface area contributed by atoms with Gasteiger partial charge in [-0.25, -0.2) is 0 Å². The Morgan fingerprint density at radius 3 is 2.54 bits per heavy atom. The Morgan fingerprint density at radius 1 is 1.23 bits per heavy atom. The van der Waals surface area contributed by atoms with Gasteiger partial charge in [0.25, 0.3) is 0 Å². The highest BCUT2D eigenvalue weighted by Crippen LogP contribution is 2.34. The number of ether oxygens (including phenoxy) is 2. The van der Waals surface area contributed by atoms with Crippen molar-refractivity contribution in [2.75, 3.05) is 6.61 Å². The zero-order chi connectivity index (χ0) is 19.1. The van der Waals surface area contributed by atoms with Gasteiger partial charge in [0.1, 0.15) is 0 Å². The minimum absolute atomic E-state index is 0.0734. The monoisotopic (exact) mass is 506 g/mol. The third-order valence-corrected chi connectivity index (χ3v) is 4.82. The number of nitrogens with one attached hydrogen (secondary N) is 1. The zero-order valence-corrected chi connectivity index (χ0v) is 18.5. The van der Waals surface area contributed by atoms with E-state index in [4.69, 9.17) is 32.7 Å². The quantitative estimate of drug-likeness (QED) is 0.275. The molecule has 140 valence electrons. The minimum Gasteiger partial charge on any atom is -0.490 e. The summed E-state index contributed by atoms with van der Waals surface area (Å²) in [6.07, 6.45) is 1.80. The molecule has 0 aromatic heterocycles. The van der Waals surface area contributed by atoms with E-state index < -0.39 is 0 Å². The van der Waals surface area contributed by atoms with Gasteiger partial charge in [0.05, 0.1) is 29.0 Å². The summed E-state index contributed by atoms with van der Waals surface area (Å²) < 4.78 is 12.6. The van der Waals surface area contributed by atoms with Crippen LogP contribution >= 0.6 is 45.8 Å². The largest absolute Gasteiger partial charge is 0.490 e. The van der Waals surface area contributed by atoms with Crippen LogP contribution in [0, 0.1) is 3.57 Å². The number of hydrazone groups is 1. The summed E-state index contributed by atoms with van der Waals surface area (Å²) >= 11 is 14.5. The van der Waals surface area contributed by atoms with Gasteiger partial charge in [-0.2, -0.15) is 5.10 Å². The van der Waals surface area contributed by atoms with Crippen LogP contribution in [0.5, 0.6) is 11.5 Å². The van der Waals surface area contributed by atoms with Crippen LogP contribution in [0.15, 0.2) is 35.4 Å². The van der Waals surface area contributed by atoms with Crippen molar-refractivity contribution < 1.29 is 9.47 Å². The number of halogens is 3. The molecule has 7 heteroatoms. The van der Waals surface area contributed by atoms with E-state index in [-0.39, 0.29) is 6.10 Å². The van der Waals surface area contributed by atoms with Gasteiger partial charge in [0.2, 0.25) is 0 Å². The number of rotatable bonds is 8. The Hall–Kier alpha value is -1.18. The van der Waals surface area contributed by atoms with Crippen LogP contribution in [-0.4, -0.2) is 18.9 Å². The molecule has 0 fully saturated rings. The molecule has 0 heterocycles. The topological polar surface area (TPSA) is 42.8 Å². The van der Waals surface area contributed by atoms with Crippen molar-refractivity contribution in [1.82, 2.24) is 5.43 Å². The van der Waals surface area contributed by atoms with Gasteiger partial charge in [0.15, 0.2) is 11.5 Å². The van der Waals surface area contributed by atoms with Gasteiger partial charge < -0.3 is 14.9 Å². The van der Waals surface area contributed by atoms with E-state index >= 15 is 0 Å². The van der Waals surface area contributed by atoms with E-state index in [0.717, 1.165) is 20.4 Å². The average Bonchev–Trinajstić information content (AvgIpc) is 2.57. The van der Waals surface area contributed by atoms with Gasteiger partial charge in [-0.05, 0) is 73.2 Å². The molecule has 1 N–H and O–H groups in total. The molecule has 4 nitrogen and oxygen atoms in total. The Morgan fingerprint density at radius 2 is 1.92 bits per heavy atom. The van der Waals surface area contributed by atoms with Crippen molar-refractivity contribution in [2.24, 2.45) is 5.10 Å². The van der Waals surface area contributed by atoms with Crippen LogP contribution < -0.4 is 14.9 Å². The van der Waals surface area contributed by atoms with Crippen LogP contribution in [-0.2, 0) is 6.54 Å². The van der Waals surface area contributed by atoms with E-state index in [1.54, 1.807) is 18.3 Å². The van der Waals surface area contributed by atoms with Crippen molar-refractivity contribution in [3.63, 3.8) is 0 Å². The summed E-state index contributed by atoms with van der Waals surface area (Å²) in [5, 5.41) is 5.49. The molecule has 0 atom stereocenters. The first-order valence-electron chi connectivity index (χ1n) is 8.24. The second kappa shape index (κ2) is 10.2. The van der Waals surface area contributed by atoms with Crippen molar-refractivity contribution in [3.8, 4) is 11.5 Å². The molecule has 0 amide bonds. The van der Waals surface area contributed by atoms with Gasteiger partial charge in [-0.3, -0.25) is 0 Å². The molecule has 0 spiro atoms. The molecule has 0 saturated carbocycles. The summed E-state index contributed by atoms with van der Waals surface area (Å²) in [7, 11) is 0. The van der Waals surface area contributed by atoms with Crippen LogP contribution in [0.2, 0.25) is 10.0 Å². The molecule has 0 aliphatic carbocycles. The van der Waals surface area contributed by atoms with E-state index in [1.165, 1.54) is 0 Å². The fraction of sp³-hybridized carbons (Fsp3) is 0.316. The second-order valence-electron chi connectivity index (χ2n) is 5.72. The Kier molecular flexibility index (Phi) is 8.31. The number of benzene rings is 2. The highest BCUT2D eigenvalue weighted by atomic mass is 127. The lowest BCUT2D eigenvalue weighted by Crippen LogP contribution is -2.09. The molecule has 0 saturated heterocycles. The molecular formula is C19H21Cl2IN2O2. The van der Waals surface area contributed by atoms with Crippen LogP contribution in [0.4, 0.5) is 0 Å². The second-order valence-corrected chi connectivity index (χ2v) is 7.70. The fourth-order valence-electron chi connectivity index (χ4n) is 2.22. The normalized spacial score (nSPS) is 11.2. The fourth-order valence-corrected chi connectivity index (χ4v) is 3.51. The maximum atomic E-state index is 6.15. The lowest BCUT2D eigenvalue weighted by Gasteiger charge is -2.16. The highest BCUT2D eigenvalue weighted by Gasteiger charge is 2.13. The van der Waals surface area contributed by atoms with Gasteiger partial charge in [-0.1, -0.05) is 29.3 Å². The summed E-state index contributed by atoms with van der Waals surface area (Å²) in [5.74, 6) is 1.47. The maximum absolute atomic E-state index is 6.15. The number of nitrogens with zero attached hydrogens (tertiary/aromatic N) is 1. The van der Waals surface area contributed by atoms with Gasteiger partial charge >= 0.3 is 0 Å². The minimum atomic E-state index is 0.0734. The first kappa shape index (κ1) is 21.1. The Bertz CT molecular complexity index is 762. The first-order chi connectivity index (χ1) is 12.4. The van der Waals surface area contributed by atoms with Crippen molar-refractivity contribution in [1.29, 1.82) is 0 Å². The smallest absolute Gasteiger partial charge is 0.174 e. The van der Waals surface area contributed by atoms with Gasteiger partial charge in [-0.15, -0.1) is 0 Å². The van der Waals surface area contributed by atoms with Crippen molar-refractivity contribution in [3.05, 3.63) is 55.1 Å². The molecular weight excluding hydrogens is 486 g/mol. The molecule has 0 unspecified atom stereocenters.